The van der Waals surface area contributed by atoms with E-state index in [0.29, 0.717) is 12.1 Å². The van der Waals surface area contributed by atoms with Crippen molar-refractivity contribution in [2.24, 2.45) is 0 Å². The van der Waals surface area contributed by atoms with Gasteiger partial charge in [-0.05, 0) is 25.0 Å². The fourth-order valence-corrected chi connectivity index (χ4v) is 4.58. The van der Waals surface area contributed by atoms with Gasteiger partial charge in [0.25, 0.3) is 0 Å². The first-order chi connectivity index (χ1) is 16.6. The number of likely N-dealkylation sites (tertiary alicyclic amines) is 1. The third-order valence-corrected chi connectivity index (χ3v) is 6.43. The van der Waals surface area contributed by atoms with E-state index in [9.17, 15) is 39.2 Å². The minimum Gasteiger partial charge on any atom is -0.534 e. The van der Waals surface area contributed by atoms with Crippen LogP contribution in [0.4, 0.5) is 4.79 Å². The highest BCUT2D eigenvalue weighted by atomic mass is 16.5. The summed E-state index contributed by atoms with van der Waals surface area (Å²) in [5.74, 6) is -4.66. The Morgan fingerprint density at radius 3 is 2.63 bits per heavy atom. The molecule has 3 heterocycles. The first-order valence-corrected chi connectivity index (χ1v) is 11.2. The number of rotatable bonds is 4. The molecule has 2 saturated heterocycles. The number of hydrogen-bond donors (Lipinski definition) is 4. The van der Waals surface area contributed by atoms with Gasteiger partial charge in [0.05, 0.1) is 17.6 Å². The smallest absolute Gasteiger partial charge is 0.534 e. The predicted molar refractivity (Wildman–Crippen MR) is 118 cm³/mol. The summed E-state index contributed by atoms with van der Waals surface area (Å²) < 4.78 is 5.37. The van der Waals surface area contributed by atoms with Gasteiger partial charge in [-0.25, -0.2) is 9.59 Å². The van der Waals surface area contributed by atoms with Gasteiger partial charge in [-0.15, -0.1) is 0 Å². The van der Waals surface area contributed by atoms with Gasteiger partial charge in [-0.3, -0.25) is 19.3 Å². The first-order valence-electron chi connectivity index (χ1n) is 11.2. The van der Waals surface area contributed by atoms with Crippen LogP contribution >= 0.6 is 0 Å². The van der Waals surface area contributed by atoms with Gasteiger partial charge in [-0.1, -0.05) is 12.1 Å². The highest BCUT2D eigenvalue weighted by Gasteiger charge is 2.46. The minimum atomic E-state index is -1.55. The van der Waals surface area contributed by atoms with Crippen molar-refractivity contribution in [3.63, 3.8) is 0 Å². The molecule has 5 amide bonds. The van der Waals surface area contributed by atoms with E-state index in [1.54, 1.807) is 13.0 Å². The van der Waals surface area contributed by atoms with Crippen molar-refractivity contribution in [1.29, 1.82) is 0 Å². The number of aliphatic hydroxyl groups is 1. The lowest BCUT2D eigenvalue weighted by atomic mass is 9.72. The minimum absolute atomic E-state index is 0.0143. The van der Waals surface area contributed by atoms with E-state index < -0.39 is 54.9 Å². The van der Waals surface area contributed by atoms with Crippen LogP contribution in [0, 0.1) is 0 Å². The average Bonchev–Trinajstić information content (AvgIpc) is 3.22. The molecule has 0 unspecified atom stereocenters. The summed E-state index contributed by atoms with van der Waals surface area (Å²) in [6, 6.07) is 2.46. The number of carbonyl (C=O) groups is 5. The number of carbonyl (C=O) groups excluding carboxylic acids is 4. The second kappa shape index (κ2) is 9.54. The van der Waals surface area contributed by atoms with Crippen LogP contribution in [-0.4, -0.2) is 111 Å². The molecule has 1 aromatic carbocycles. The van der Waals surface area contributed by atoms with Crippen LogP contribution in [-0.2, 0) is 20.8 Å². The van der Waals surface area contributed by atoms with Crippen molar-refractivity contribution < 1.29 is 43.9 Å². The van der Waals surface area contributed by atoms with E-state index in [1.165, 1.54) is 17.0 Å². The number of urea groups is 1. The average molecular weight is 488 g/mol. The van der Waals surface area contributed by atoms with Gasteiger partial charge < -0.3 is 35.0 Å². The molecule has 0 spiro atoms. The molecule has 3 aliphatic heterocycles. The van der Waals surface area contributed by atoms with Crippen molar-refractivity contribution in [2.45, 2.75) is 37.9 Å². The zero-order valence-corrected chi connectivity index (χ0v) is 18.9. The van der Waals surface area contributed by atoms with Gasteiger partial charge in [0.15, 0.2) is 0 Å². The monoisotopic (exact) mass is 488 g/mol. The second-order valence-electron chi connectivity index (χ2n) is 8.61. The van der Waals surface area contributed by atoms with Crippen molar-refractivity contribution in [3.05, 3.63) is 29.3 Å². The molecule has 4 rings (SSSR count). The van der Waals surface area contributed by atoms with Gasteiger partial charge in [0.2, 0.25) is 5.91 Å². The largest absolute Gasteiger partial charge is 0.547 e. The molecule has 2 fully saturated rings. The number of para-hydroxylation sites is 1. The maximum atomic E-state index is 13.1. The number of benzene rings is 1. The lowest BCUT2D eigenvalue weighted by molar-refractivity contribution is -0.154. The molecule has 13 nitrogen and oxygen atoms in total. The molecule has 3 atom stereocenters. The molecule has 14 heteroatoms. The number of hydrogen-bond acceptors (Lipinski definition) is 8. The van der Waals surface area contributed by atoms with Crippen LogP contribution < -0.4 is 9.97 Å². The van der Waals surface area contributed by atoms with E-state index in [4.69, 9.17) is 4.65 Å². The molecule has 0 aliphatic carbocycles. The number of fused-ring (bicyclic) bond motifs is 1. The fraction of sp³-hybridized carbons (Fsp3) is 0.476. The maximum absolute atomic E-state index is 13.1. The van der Waals surface area contributed by atoms with Crippen LogP contribution in [0.3, 0.4) is 0 Å². The third-order valence-electron chi connectivity index (χ3n) is 6.43. The lowest BCUT2D eigenvalue weighted by Gasteiger charge is -2.35. The summed E-state index contributed by atoms with van der Waals surface area (Å²) in [6.45, 7) is 1.97. The topological polar surface area (TPSA) is 177 Å². The number of β-amino-alcohol motifs (C(OH)–C–C–N with tert-alkyl or cyclic N) is 1. The summed E-state index contributed by atoms with van der Waals surface area (Å²) in [5.41, 5.74) is 0.349. The summed E-state index contributed by atoms with van der Waals surface area (Å²) in [7, 11) is -1.55. The van der Waals surface area contributed by atoms with Gasteiger partial charge in [-0.2, -0.15) is 0 Å². The molecule has 35 heavy (non-hydrogen) atoms. The molecule has 0 radical (unpaired) electrons. The number of piperazine rings is 1. The van der Waals surface area contributed by atoms with E-state index >= 15 is 0 Å². The fourth-order valence-electron chi connectivity index (χ4n) is 4.58. The first kappa shape index (κ1) is 24.5. The number of aromatic carboxylic acids is 1. The Hall–Kier alpha value is -3.65. The van der Waals surface area contributed by atoms with E-state index in [-0.39, 0.29) is 43.8 Å². The molecule has 3 aliphatic rings. The Balaban J connectivity index is 1.47. The molecular weight excluding hydrogens is 463 g/mol. The summed E-state index contributed by atoms with van der Waals surface area (Å²) >= 11 is 0. The number of carboxylic acids is 1. The van der Waals surface area contributed by atoms with Crippen molar-refractivity contribution >= 4 is 36.8 Å². The molecule has 4 N–H and O–H groups in total. The normalized spacial score (nSPS) is 24.3. The predicted octanol–water partition coefficient (Wildman–Crippen LogP) is -1.93. The van der Waals surface area contributed by atoms with Crippen LogP contribution in [0.15, 0.2) is 18.2 Å². The quantitative estimate of drug-likeness (QED) is 0.278. The Labute approximate surface area is 200 Å². The van der Waals surface area contributed by atoms with Crippen LogP contribution in [0.5, 0.6) is 5.75 Å². The van der Waals surface area contributed by atoms with Crippen molar-refractivity contribution in [3.8, 4) is 5.75 Å². The SMILES string of the molecule is CCN1CCN(C(=O)N2C[C@@H](O)C[C@@H]2C(=O)N[C@H]2Cc3cccc(C(=O)O)c3OB2O)C(=O)C1=O. The van der Waals surface area contributed by atoms with Gasteiger partial charge in [0.1, 0.15) is 11.8 Å². The lowest BCUT2D eigenvalue weighted by Crippen LogP contribution is -2.61. The Morgan fingerprint density at radius 2 is 1.94 bits per heavy atom. The number of amides is 5. The molecule has 0 bridgehead atoms. The molecule has 0 saturated carbocycles. The summed E-state index contributed by atoms with van der Waals surface area (Å²) in [5, 5.41) is 32.5. The summed E-state index contributed by atoms with van der Waals surface area (Å²) in [4.78, 5) is 65.3. The zero-order chi connectivity index (χ0) is 25.4. The Bertz CT molecular complexity index is 1080. The molecular formula is C21H25BN4O9. The number of nitrogens with zero attached hydrogens (tertiary/aromatic N) is 3. The van der Waals surface area contributed by atoms with Gasteiger partial charge in [0, 0.05) is 32.6 Å². The van der Waals surface area contributed by atoms with E-state index in [1.807, 2.05) is 0 Å². The number of carboxylic acid groups (broad SMARTS) is 1. The van der Waals surface area contributed by atoms with E-state index in [0.717, 1.165) is 9.80 Å². The molecule has 1 aromatic rings. The highest BCUT2D eigenvalue weighted by Crippen LogP contribution is 2.30. The number of imide groups is 1. The third kappa shape index (κ3) is 4.54. The van der Waals surface area contributed by atoms with Crippen LogP contribution in [0.25, 0.3) is 0 Å². The van der Waals surface area contributed by atoms with Crippen LogP contribution in [0.2, 0.25) is 0 Å². The van der Waals surface area contributed by atoms with Gasteiger partial charge >= 0.3 is 30.9 Å². The summed E-state index contributed by atoms with van der Waals surface area (Å²) in [6.07, 6.45) is -1.06. The molecule has 186 valence electrons. The second-order valence-corrected chi connectivity index (χ2v) is 8.61. The standard InChI is InChI=1S/C21H25BN4O9/c1-2-24-6-7-25(19(30)18(24)29)21(33)26-10-12(27)9-14(26)17(28)23-15-8-11-4-3-5-13(20(31)32)16(11)35-22(15)34/h3-5,12,14-15,27,34H,2,6-10H2,1H3,(H,23,28)(H,31,32)/t12-,14+,15-/m0/s1. The zero-order valence-electron chi connectivity index (χ0n) is 18.9. The number of likely N-dealkylation sites (N-methyl/N-ethyl adjacent to an activating group) is 1. The number of nitrogens with one attached hydrogen (secondary N) is 1. The number of aliphatic hydroxyl groups excluding tert-OH is 1. The Morgan fingerprint density at radius 1 is 1.20 bits per heavy atom. The van der Waals surface area contributed by atoms with E-state index in [2.05, 4.69) is 5.32 Å². The Kier molecular flexibility index (Phi) is 6.67. The highest BCUT2D eigenvalue weighted by molar-refractivity contribution is 6.47. The molecule has 0 aromatic heterocycles. The van der Waals surface area contributed by atoms with Crippen molar-refractivity contribution in [2.75, 3.05) is 26.2 Å². The maximum Gasteiger partial charge on any atom is 0.547 e. The van der Waals surface area contributed by atoms with Crippen molar-refractivity contribution in [1.82, 2.24) is 20.0 Å². The van der Waals surface area contributed by atoms with Crippen LogP contribution in [0.1, 0.15) is 29.3 Å².